The average molecular weight is 166 g/mol. The lowest BCUT2D eigenvalue weighted by Crippen LogP contribution is -2.35. The first-order valence-electron chi connectivity index (χ1n) is 3.29. The number of hydrogen-bond acceptors (Lipinski definition) is 2. The van der Waals surface area contributed by atoms with Crippen LogP contribution in [0.4, 0.5) is 0 Å². The van der Waals surface area contributed by atoms with E-state index in [1.165, 1.54) is 0 Å². The number of hydrogen-bond donors (Lipinski definition) is 0. The van der Waals surface area contributed by atoms with E-state index >= 15 is 0 Å². The SMILES string of the molecule is CCC[Si](C)(OC)OC.O. The van der Waals surface area contributed by atoms with Crippen LogP contribution in [0.1, 0.15) is 13.3 Å². The highest BCUT2D eigenvalue weighted by atomic mass is 28.4. The lowest BCUT2D eigenvalue weighted by molar-refractivity contribution is 0.249. The second kappa shape index (κ2) is 5.85. The number of rotatable bonds is 4. The van der Waals surface area contributed by atoms with Crippen molar-refractivity contribution in [3.8, 4) is 0 Å². The topological polar surface area (TPSA) is 50.0 Å². The maximum Gasteiger partial charge on any atom is 0.334 e. The molecule has 0 aromatic heterocycles. The summed E-state index contributed by atoms with van der Waals surface area (Å²) in [6.07, 6.45) is 1.14. The van der Waals surface area contributed by atoms with Crippen molar-refractivity contribution in [1.82, 2.24) is 0 Å². The second-order valence-electron chi connectivity index (χ2n) is 2.29. The van der Waals surface area contributed by atoms with Crippen molar-refractivity contribution in [1.29, 1.82) is 0 Å². The van der Waals surface area contributed by atoms with Gasteiger partial charge in [0.15, 0.2) is 0 Å². The summed E-state index contributed by atoms with van der Waals surface area (Å²) >= 11 is 0. The highest BCUT2D eigenvalue weighted by Gasteiger charge is 2.26. The van der Waals surface area contributed by atoms with Gasteiger partial charge in [-0.15, -0.1) is 0 Å². The van der Waals surface area contributed by atoms with Crippen LogP contribution in [0, 0.1) is 0 Å². The van der Waals surface area contributed by atoms with Crippen LogP contribution in [-0.2, 0) is 8.85 Å². The Bertz CT molecular complexity index is 73.4. The summed E-state index contributed by atoms with van der Waals surface area (Å²) in [6.45, 7) is 4.22. The fourth-order valence-corrected chi connectivity index (χ4v) is 2.22. The maximum atomic E-state index is 5.24. The molecule has 0 fully saturated rings. The van der Waals surface area contributed by atoms with Crippen LogP contribution in [-0.4, -0.2) is 28.3 Å². The van der Waals surface area contributed by atoms with E-state index in [2.05, 4.69) is 13.5 Å². The molecule has 10 heavy (non-hydrogen) atoms. The monoisotopic (exact) mass is 166 g/mol. The lowest BCUT2D eigenvalue weighted by Gasteiger charge is -2.21. The van der Waals surface area contributed by atoms with Crippen molar-refractivity contribution < 1.29 is 14.3 Å². The Morgan fingerprint density at radius 2 is 1.60 bits per heavy atom. The zero-order valence-electron chi connectivity index (χ0n) is 7.23. The first-order valence-corrected chi connectivity index (χ1v) is 5.81. The van der Waals surface area contributed by atoms with Crippen LogP contribution < -0.4 is 0 Å². The largest absolute Gasteiger partial charge is 0.412 e. The van der Waals surface area contributed by atoms with Crippen molar-refractivity contribution >= 4 is 8.56 Å². The molecular weight excluding hydrogens is 148 g/mol. The van der Waals surface area contributed by atoms with E-state index in [0.717, 1.165) is 12.5 Å². The Kier molecular flexibility index (Phi) is 7.46. The summed E-state index contributed by atoms with van der Waals surface area (Å²) in [6, 6.07) is 1.08. The van der Waals surface area contributed by atoms with Gasteiger partial charge in [-0.2, -0.15) is 0 Å². The van der Waals surface area contributed by atoms with Crippen molar-refractivity contribution in [2.24, 2.45) is 0 Å². The molecule has 0 atom stereocenters. The molecule has 4 heteroatoms. The van der Waals surface area contributed by atoms with Gasteiger partial charge in [0.1, 0.15) is 0 Å². The van der Waals surface area contributed by atoms with Gasteiger partial charge in [-0.05, 0) is 12.6 Å². The summed E-state index contributed by atoms with van der Waals surface area (Å²) in [7, 11) is 1.76. The summed E-state index contributed by atoms with van der Waals surface area (Å²) in [5.74, 6) is 0. The van der Waals surface area contributed by atoms with E-state index in [4.69, 9.17) is 8.85 Å². The lowest BCUT2D eigenvalue weighted by atomic mass is 10.6. The molecule has 0 aromatic carbocycles. The zero-order valence-corrected chi connectivity index (χ0v) is 8.23. The van der Waals surface area contributed by atoms with E-state index in [0.29, 0.717) is 0 Å². The van der Waals surface area contributed by atoms with Crippen LogP contribution in [0.25, 0.3) is 0 Å². The first kappa shape index (κ1) is 12.7. The molecule has 0 amide bonds. The molecule has 0 saturated carbocycles. The highest BCUT2D eigenvalue weighted by Crippen LogP contribution is 2.12. The van der Waals surface area contributed by atoms with Crippen molar-refractivity contribution in [3.63, 3.8) is 0 Å². The molecule has 0 aliphatic rings. The van der Waals surface area contributed by atoms with E-state index < -0.39 is 8.56 Å². The van der Waals surface area contributed by atoms with Crippen molar-refractivity contribution in [3.05, 3.63) is 0 Å². The third-order valence-electron chi connectivity index (χ3n) is 1.57. The quantitative estimate of drug-likeness (QED) is 0.583. The molecule has 0 unspecified atom stereocenters. The van der Waals surface area contributed by atoms with E-state index in [9.17, 15) is 0 Å². The summed E-state index contributed by atoms with van der Waals surface area (Å²) in [5, 5.41) is 0. The molecule has 64 valence electrons. The standard InChI is InChI=1S/C6H16O2Si.H2O/c1-5-6-9(4,7-2)8-3;/h5-6H2,1-4H3;1H2. The molecule has 0 saturated heterocycles. The summed E-state index contributed by atoms with van der Waals surface area (Å²) in [5.41, 5.74) is 0. The first-order chi connectivity index (χ1) is 4.18. The third kappa shape index (κ3) is 4.00. The Morgan fingerprint density at radius 1 is 1.20 bits per heavy atom. The van der Waals surface area contributed by atoms with Gasteiger partial charge in [0.05, 0.1) is 0 Å². The van der Waals surface area contributed by atoms with Crippen LogP contribution in [0.15, 0.2) is 0 Å². The molecule has 0 aromatic rings. The Labute approximate surface area is 63.9 Å². The molecule has 0 aliphatic carbocycles. The minimum Gasteiger partial charge on any atom is -0.412 e. The zero-order chi connectivity index (χ0) is 7.33. The fourth-order valence-electron chi connectivity index (χ4n) is 0.742. The molecule has 0 rings (SSSR count). The van der Waals surface area contributed by atoms with Gasteiger partial charge < -0.3 is 14.3 Å². The van der Waals surface area contributed by atoms with E-state index in [1.807, 2.05) is 0 Å². The van der Waals surface area contributed by atoms with Gasteiger partial charge in [0.25, 0.3) is 0 Å². The minimum atomic E-state index is -1.70. The fraction of sp³-hybridized carbons (Fsp3) is 1.00. The van der Waals surface area contributed by atoms with Gasteiger partial charge in [-0.25, -0.2) is 0 Å². The maximum absolute atomic E-state index is 5.24. The van der Waals surface area contributed by atoms with E-state index in [-0.39, 0.29) is 5.48 Å². The molecule has 0 heterocycles. The van der Waals surface area contributed by atoms with Gasteiger partial charge in [0.2, 0.25) is 0 Å². The third-order valence-corrected chi connectivity index (χ3v) is 4.70. The molecule has 2 N–H and O–H groups in total. The van der Waals surface area contributed by atoms with Gasteiger partial charge in [-0.1, -0.05) is 13.3 Å². The second-order valence-corrected chi connectivity index (χ2v) is 5.88. The summed E-state index contributed by atoms with van der Waals surface area (Å²) in [4.78, 5) is 0. The molecular formula is C6H18O3Si. The average Bonchev–Trinajstić information content (AvgIpc) is 1.89. The van der Waals surface area contributed by atoms with Crippen LogP contribution in [0.3, 0.4) is 0 Å². The van der Waals surface area contributed by atoms with Crippen molar-refractivity contribution in [2.45, 2.75) is 25.9 Å². The Morgan fingerprint density at radius 3 is 1.70 bits per heavy atom. The highest BCUT2D eigenvalue weighted by molar-refractivity contribution is 6.65. The molecule has 0 aliphatic heterocycles. The normalized spacial score (nSPS) is 10.8. The summed E-state index contributed by atoms with van der Waals surface area (Å²) < 4.78 is 10.5. The van der Waals surface area contributed by atoms with Gasteiger partial charge in [0, 0.05) is 14.2 Å². The van der Waals surface area contributed by atoms with Gasteiger partial charge >= 0.3 is 8.56 Å². The molecule has 0 radical (unpaired) electrons. The van der Waals surface area contributed by atoms with Crippen molar-refractivity contribution in [2.75, 3.05) is 14.2 Å². The van der Waals surface area contributed by atoms with Crippen LogP contribution >= 0.6 is 0 Å². The predicted molar refractivity (Wildman–Crippen MR) is 44.3 cm³/mol. The minimum absolute atomic E-state index is 0. The molecule has 0 bridgehead atoms. The van der Waals surface area contributed by atoms with Crippen LogP contribution in [0.2, 0.25) is 12.6 Å². The van der Waals surface area contributed by atoms with Gasteiger partial charge in [-0.3, -0.25) is 0 Å². The Balaban J connectivity index is 0. The Hall–Kier alpha value is 0.0969. The smallest absolute Gasteiger partial charge is 0.334 e. The van der Waals surface area contributed by atoms with E-state index in [1.54, 1.807) is 14.2 Å². The molecule has 0 spiro atoms. The predicted octanol–water partition coefficient (Wildman–Crippen LogP) is 0.936. The molecule has 3 nitrogen and oxygen atoms in total. The van der Waals surface area contributed by atoms with Crippen LogP contribution in [0.5, 0.6) is 0 Å².